The summed E-state index contributed by atoms with van der Waals surface area (Å²) in [4.78, 5) is 0. The van der Waals surface area contributed by atoms with Gasteiger partial charge in [0.25, 0.3) is 0 Å². The van der Waals surface area contributed by atoms with E-state index in [-0.39, 0.29) is 6.61 Å². The van der Waals surface area contributed by atoms with Crippen LogP contribution in [-0.2, 0) is 28.4 Å². The molecule has 4 aliphatic rings. The van der Waals surface area contributed by atoms with Crippen LogP contribution in [0.1, 0.15) is 33.6 Å². The van der Waals surface area contributed by atoms with E-state index in [0.717, 1.165) is 0 Å². The van der Waals surface area contributed by atoms with E-state index < -0.39 is 85.0 Å². The van der Waals surface area contributed by atoms with Crippen molar-refractivity contribution in [2.24, 2.45) is 0 Å². The molecular weight excluding hydrogens is 456 g/mol. The average molecular weight is 493 g/mol. The van der Waals surface area contributed by atoms with Crippen LogP contribution in [0.15, 0.2) is 12.7 Å². The summed E-state index contributed by atoms with van der Waals surface area (Å²) < 4.78 is 35.3. The van der Waals surface area contributed by atoms with E-state index in [2.05, 4.69) is 6.58 Å². The van der Waals surface area contributed by atoms with Crippen molar-refractivity contribution < 1.29 is 59.1 Å². The molecule has 0 bridgehead atoms. The van der Waals surface area contributed by atoms with Gasteiger partial charge >= 0.3 is 0 Å². The first-order valence-electron chi connectivity index (χ1n) is 11.5. The monoisotopic (exact) mass is 492 g/mol. The summed E-state index contributed by atoms with van der Waals surface area (Å²) in [5.41, 5.74) is -1.60. The number of fused-ring (bicyclic) bond motifs is 1. The number of aliphatic hydroxyl groups is 6. The van der Waals surface area contributed by atoms with Gasteiger partial charge in [-0.1, -0.05) is 6.08 Å². The number of aliphatic hydroxyl groups excluding tert-OH is 6. The number of hydrogen-bond donors (Lipinski definition) is 6. The molecule has 0 aromatic heterocycles. The van der Waals surface area contributed by atoms with Crippen LogP contribution in [0.25, 0.3) is 0 Å². The maximum absolute atomic E-state index is 10.8. The van der Waals surface area contributed by atoms with Crippen LogP contribution < -0.4 is 0 Å². The van der Waals surface area contributed by atoms with E-state index >= 15 is 0 Å². The SMILES string of the molecule is C=C[C@@]1(C)CC[C@]2(OC3C(OC(CO[C@@H]4O[C@H](CO)[C@@H](O)[C@H](O)[C@H]4O)C(O)C3O)OC2(C)C)O1. The topological polar surface area (TPSA) is 177 Å². The van der Waals surface area contributed by atoms with E-state index in [4.69, 9.17) is 28.4 Å². The van der Waals surface area contributed by atoms with Gasteiger partial charge in [0.2, 0.25) is 0 Å². The molecule has 12 nitrogen and oxygen atoms in total. The molecule has 0 amide bonds. The maximum Gasteiger partial charge on any atom is 0.198 e. The lowest BCUT2D eigenvalue weighted by atomic mass is 9.89. The molecule has 0 aromatic rings. The summed E-state index contributed by atoms with van der Waals surface area (Å²) in [5, 5.41) is 60.8. The minimum atomic E-state index is -1.61. The Balaban J connectivity index is 1.43. The Kier molecular flexibility index (Phi) is 7.19. The van der Waals surface area contributed by atoms with Gasteiger partial charge in [-0.25, -0.2) is 0 Å². The van der Waals surface area contributed by atoms with Gasteiger partial charge in [-0.05, 0) is 27.2 Å². The van der Waals surface area contributed by atoms with Crippen molar-refractivity contribution in [3.8, 4) is 0 Å². The zero-order valence-electron chi connectivity index (χ0n) is 19.5. The highest BCUT2D eigenvalue weighted by Crippen LogP contribution is 2.52. The molecule has 0 radical (unpaired) electrons. The Hall–Kier alpha value is -0.740. The Morgan fingerprint density at radius 1 is 0.882 bits per heavy atom. The summed E-state index contributed by atoms with van der Waals surface area (Å²) >= 11 is 0. The van der Waals surface area contributed by atoms with Crippen molar-refractivity contribution in [1.82, 2.24) is 0 Å². The van der Waals surface area contributed by atoms with Crippen LogP contribution in [0.3, 0.4) is 0 Å². The lowest BCUT2D eigenvalue weighted by Gasteiger charge is -2.56. The minimum absolute atomic E-state index is 0.357. The highest BCUT2D eigenvalue weighted by atomic mass is 16.8. The van der Waals surface area contributed by atoms with E-state index in [9.17, 15) is 30.6 Å². The standard InChI is InChI=1S/C22H36O12/c1-5-21(4)6-7-22(34-21)20(2,3)33-19-17(32-22)15(27)13(25)11(31-19)9-29-18-16(28)14(26)12(24)10(8-23)30-18/h5,10-19,23-28H,1,6-9H2,2-4H3/t10-,11?,12-,13?,14+,15?,16-,17?,18-,19?,21+,22+/m1/s1. The fourth-order valence-corrected chi connectivity index (χ4v) is 4.94. The minimum Gasteiger partial charge on any atom is -0.394 e. The first-order chi connectivity index (χ1) is 15.9. The summed E-state index contributed by atoms with van der Waals surface area (Å²) in [5.74, 6) is -1.18. The molecule has 5 unspecified atom stereocenters. The van der Waals surface area contributed by atoms with Crippen LogP contribution in [0, 0.1) is 0 Å². The smallest absolute Gasteiger partial charge is 0.198 e. The van der Waals surface area contributed by atoms with Crippen molar-refractivity contribution in [2.45, 2.75) is 112 Å². The van der Waals surface area contributed by atoms with Gasteiger partial charge in [-0.2, -0.15) is 0 Å². The molecule has 12 heteroatoms. The predicted octanol–water partition coefficient (Wildman–Crippen LogP) is -2.10. The molecule has 4 rings (SSSR count). The van der Waals surface area contributed by atoms with Crippen molar-refractivity contribution in [2.75, 3.05) is 13.2 Å². The van der Waals surface area contributed by atoms with Crippen LogP contribution in [-0.4, -0.2) is 122 Å². The summed E-state index contributed by atoms with van der Waals surface area (Å²) in [7, 11) is 0. The molecule has 0 aromatic carbocycles. The fraction of sp³-hybridized carbons (Fsp3) is 0.909. The zero-order chi connectivity index (χ0) is 25.1. The van der Waals surface area contributed by atoms with Gasteiger partial charge in [0.15, 0.2) is 18.4 Å². The van der Waals surface area contributed by atoms with E-state index in [1.54, 1.807) is 19.9 Å². The Labute approximate surface area is 197 Å². The summed E-state index contributed by atoms with van der Waals surface area (Å²) in [6.07, 6.45) is -10.5. The third-order valence-corrected chi connectivity index (χ3v) is 7.35. The maximum atomic E-state index is 10.8. The first-order valence-corrected chi connectivity index (χ1v) is 11.5. The fourth-order valence-electron chi connectivity index (χ4n) is 4.94. The predicted molar refractivity (Wildman–Crippen MR) is 112 cm³/mol. The normalized spacial score (nSPS) is 53.0. The molecule has 0 aliphatic carbocycles. The van der Waals surface area contributed by atoms with Crippen molar-refractivity contribution in [3.63, 3.8) is 0 Å². The lowest BCUT2D eigenvalue weighted by molar-refractivity contribution is -0.457. The third kappa shape index (κ3) is 4.33. The second-order valence-corrected chi connectivity index (χ2v) is 10.1. The van der Waals surface area contributed by atoms with Crippen molar-refractivity contribution in [1.29, 1.82) is 0 Å². The second-order valence-electron chi connectivity index (χ2n) is 10.1. The Morgan fingerprint density at radius 3 is 2.18 bits per heavy atom. The third-order valence-electron chi connectivity index (χ3n) is 7.35. The number of rotatable bonds is 5. The van der Waals surface area contributed by atoms with Crippen molar-refractivity contribution >= 4 is 0 Å². The molecule has 4 saturated heterocycles. The molecule has 4 fully saturated rings. The Morgan fingerprint density at radius 2 is 1.56 bits per heavy atom. The second kappa shape index (κ2) is 9.29. The van der Waals surface area contributed by atoms with Crippen LogP contribution in [0.2, 0.25) is 0 Å². The van der Waals surface area contributed by atoms with Gasteiger partial charge in [0.05, 0.1) is 18.8 Å². The molecule has 4 heterocycles. The molecule has 4 aliphatic heterocycles. The van der Waals surface area contributed by atoms with Gasteiger partial charge in [0, 0.05) is 6.42 Å². The van der Waals surface area contributed by atoms with Crippen LogP contribution >= 0.6 is 0 Å². The van der Waals surface area contributed by atoms with E-state index in [1.165, 1.54) is 0 Å². The quantitative estimate of drug-likeness (QED) is 0.231. The highest BCUT2D eigenvalue weighted by Gasteiger charge is 2.65. The number of ether oxygens (including phenoxy) is 6. The molecule has 0 saturated carbocycles. The van der Waals surface area contributed by atoms with Gasteiger partial charge in [-0.3, -0.25) is 0 Å². The molecule has 196 valence electrons. The van der Waals surface area contributed by atoms with Crippen LogP contribution in [0.4, 0.5) is 0 Å². The first kappa shape index (κ1) is 26.3. The molecule has 6 N–H and O–H groups in total. The Bertz CT molecular complexity index is 747. The average Bonchev–Trinajstić information content (AvgIpc) is 3.15. The van der Waals surface area contributed by atoms with Crippen molar-refractivity contribution in [3.05, 3.63) is 12.7 Å². The number of hydrogen-bond acceptors (Lipinski definition) is 12. The largest absolute Gasteiger partial charge is 0.394 e. The molecule has 34 heavy (non-hydrogen) atoms. The summed E-state index contributed by atoms with van der Waals surface area (Å²) in [6, 6.07) is 0. The van der Waals surface area contributed by atoms with Gasteiger partial charge in [-0.15, -0.1) is 6.58 Å². The van der Waals surface area contributed by atoms with Gasteiger partial charge < -0.3 is 59.1 Å². The molecular formula is C22H36O12. The zero-order valence-corrected chi connectivity index (χ0v) is 19.5. The van der Waals surface area contributed by atoms with Gasteiger partial charge in [0.1, 0.15) is 54.4 Å². The molecule has 1 spiro atoms. The lowest BCUT2D eigenvalue weighted by Crippen LogP contribution is -2.71. The highest BCUT2D eigenvalue weighted by molar-refractivity contribution is 5.09. The van der Waals surface area contributed by atoms with Crippen LogP contribution in [0.5, 0.6) is 0 Å². The molecule has 12 atom stereocenters. The van der Waals surface area contributed by atoms with E-state index in [0.29, 0.717) is 12.8 Å². The summed E-state index contributed by atoms with van der Waals surface area (Å²) in [6.45, 7) is 8.32. The van der Waals surface area contributed by atoms with E-state index in [1.807, 2.05) is 6.92 Å².